The van der Waals surface area contributed by atoms with Crippen molar-refractivity contribution in [2.45, 2.75) is 147 Å². The van der Waals surface area contributed by atoms with Crippen LogP contribution in [-0.2, 0) is 34.7 Å². The quantitative estimate of drug-likeness (QED) is 0.112. The van der Waals surface area contributed by atoms with Crippen LogP contribution in [0.3, 0.4) is 0 Å². The monoisotopic (exact) mass is 702 g/mol. The molecule has 1 aliphatic carbocycles. The Bertz CT molecular complexity index is 2170. The number of rotatable bonds is 8. The van der Waals surface area contributed by atoms with Gasteiger partial charge in [0.25, 0.3) is 0 Å². The van der Waals surface area contributed by atoms with Crippen LogP contribution in [0.5, 0.6) is 0 Å². The lowest BCUT2D eigenvalue weighted by Crippen LogP contribution is -2.69. The van der Waals surface area contributed by atoms with Gasteiger partial charge in [-0.2, -0.15) is 9.13 Å². The Kier molecular flexibility index (Phi) is 9.07. The highest BCUT2D eigenvalue weighted by Gasteiger charge is 2.60. The zero-order chi connectivity index (χ0) is 37.2. The van der Waals surface area contributed by atoms with Crippen molar-refractivity contribution in [3.63, 3.8) is 0 Å². The lowest BCUT2D eigenvalue weighted by Gasteiger charge is -2.49. The molecule has 5 aromatic rings. The molecule has 0 radical (unpaired) electrons. The topological polar surface area (TPSA) is 7.76 Å². The smallest absolute Gasteiger partial charge is 0.198 e. The molecule has 0 amide bonds. The second-order valence-electron chi connectivity index (χ2n) is 18.3. The summed E-state index contributed by atoms with van der Waals surface area (Å²) in [5.41, 5.74) is 16.0. The maximum Gasteiger partial charge on any atom is 0.213 e. The van der Waals surface area contributed by atoms with Crippen LogP contribution in [0.1, 0.15) is 140 Å². The minimum absolute atomic E-state index is 0.0493. The van der Waals surface area contributed by atoms with Crippen molar-refractivity contribution in [3.05, 3.63) is 131 Å². The first-order valence-electron chi connectivity index (χ1n) is 20.9. The second kappa shape index (κ2) is 13.4. The first-order chi connectivity index (χ1) is 25.5. The molecule has 2 aliphatic heterocycles. The number of aromatic nitrogens is 2. The van der Waals surface area contributed by atoms with E-state index >= 15 is 0 Å². The number of hydrogen-bond donors (Lipinski definition) is 0. The Morgan fingerprint density at radius 3 is 2.13 bits per heavy atom. The lowest BCUT2D eigenvalue weighted by atomic mass is 9.56. The second-order valence-corrected chi connectivity index (χ2v) is 18.3. The summed E-state index contributed by atoms with van der Waals surface area (Å²) in [5, 5.41) is 0. The molecule has 274 valence electrons. The fourth-order valence-corrected chi connectivity index (χ4v) is 11.1. The van der Waals surface area contributed by atoms with Crippen molar-refractivity contribution in [1.82, 2.24) is 0 Å². The van der Waals surface area contributed by atoms with Crippen LogP contribution in [0.2, 0.25) is 0 Å². The number of aryl methyl sites for hydroxylation is 1. The van der Waals surface area contributed by atoms with E-state index in [1.165, 1.54) is 76.9 Å². The SMILES string of the molecule is CCCCc1cccc(-c2cc[n+]3c(c2)-c2ccccc2C(C)(CC)C3(CC)CC2C[n+]3ccccc3-c3cc4c(cc32)C(C)(C)CCCC4(C)C)c1. The third-order valence-corrected chi connectivity index (χ3v) is 14.5. The van der Waals surface area contributed by atoms with E-state index in [-0.39, 0.29) is 21.8 Å². The number of nitrogens with zero attached hydrogens (tertiary/aromatic N) is 2. The highest BCUT2D eigenvalue weighted by molar-refractivity contribution is 5.73. The molecule has 0 fully saturated rings. The Labute approximate surface area is 320 Å². The zero-order valence-corrected chi connectivity index (χ0v) is 33.9. The number of unbranched alkanes of at least 4 members (excludes halogenated alkanes) is 1. The number of benzene rings is 3. The largest absolute Gasteiger partial charge is 0.213 e. The molecule has 0 spiro atoms. The average molecular weight is 703 g/mol. The molecular formula is C51H62N2+2. The van der Waals surface area contributed by atoms with Crippen molar-refractivity contribution in [1.29, 1.82) is 0 Å². The van der Waals surface area contributed by atoms with Crippen molar-refractivity contribution in [2.75, 3.05) is 0 Å². The minimum Gasteiger partial charge on any atom is -0.198 e. The maximum absolute atomic E-state index is 2.75. The van der Waals surface area contributed by atoms with Gasteiger partial charge in [0.15, 0.2) is 24.5 Å². The molecule has 4 heterocycles. The van der Waals surface area contributed by atoms with Gasteiger partial charge >= 0.3 is 0 Å². The van der Waals surface area contributed by atoms with E-state index in [4.69, 9.17) is 0 Å². The van der Waals surface area contributed by atoms with E-state index in [9.17, 15) is 0 Å². The molecule has 3 aliphatic rings. The molecule has 0 N–H and O–H groups in total. The molecule has 2 nitrogen and oxygen atoms in total. The summed E-state index contributed by atoms with van der Waals surface area (Å²) in [6.45, 7) is 20.8. The highest BCUT2D eigenvalue weighted by Crippen LogP contribution is 2.55. The molecule has 2 heteroatoms. The van der Waals surface area contributed by atoms with Crippen LogP contribution in [0.25, 0.3) is 33.6 Å². The summed E-state index contributed by atoms with van der Waals surface area (Å²) >= 11 is 0. The summed E-state index contributed by atoms with van der Waals surface area (Å²) in [5.74, 6) is 0.378. The van der Waals surface area contributed by atoms with Gasteiger partial charge < -0.3 is 0 Å². The van der Waals surface area contributed by atoms with Crippen molar-refractivity contribution >= 4 is 0 Å². The van der Waals surface area contributed by atoms with Gasteiger partial charge in [-0.15, -0.1) is 0 Å². The highest BCUT2D eigenvalue weighted by atomic mass is 15.1. The van der Waals surface area contributed by atoms with Crippen LogP contribution in [0, 0.1) is 0 Å². The Hall–Kier alpha value is -4.04. The minimum atomic E-state index is -0.122. The molecule has 2 aromatic heterocycles. The number of pyridine rings is 2. The average Bonchev–Trinajstić information content (AvgIpc) is 3.26. The summed E-state index contributed by atoms with van der Waals surface area (Å²) in [7, 11) is 0. The maximum atomic E-state index is 2.75. The van der Waals surface area contributed by atoms with Crippen LogP contribution < -0.4 is 9.13 Å². The molecule has 3 atom stereocenters. The molecular weight excluding hydrogens is 641 g/mol. The molecule has 0 saturated carbocycles. The first-order valence-corrected chi connectivity index (χ1v) is 20.9. The van der Waals surface area contributed by atoms with Crippen molar-refractivity contribution in [3.8, 4) is 33.6 Å². The Morgan fingerprint density at radius 2 is 1.38 bits per heavy atom. The van der Waals surface area contributed by atoms with E-state index in [2.05, 4.69) is 168 Å². The molecule has 0 bridgehead atoms. The predicted octanol–water partition coefficient (Wildman–Crippen LogP) is 12.3. The van der Waals surface area contributed by atoms with Crippen LogP contribution in [0.15, 0.2) is 103 Å². The summed E-state index contributed by atoms with van der Waals surface area (Å²) in [6.07, 6.45) is 15.4. The fourth-order valence-electron chi connectivity index (χ4n) is 11.1. The normalized spacial score (nSPS) is 23.5. The van der Waals surface area contributed by atoms with Crippen molar-refractivity contribution < 1.29 is 9.13 Å². The van der Waals surface area contributed by atoms with E-state index < -0.39 is 0 Å². The lowest BCUT2D eigenvalue weighted by molar-refractivity contribution is -0.772. The summed E-state index contributed by atoms with van der Waals surface area (Å²) in [4.78, 5) is 0. The standard InChI is InChI=1S/C51H62N2/c1-9-12-19-36-20-17-21-37(30-36)38-25-29-53-47(31-38)40-22-13-14-23-43(40)50(8,10-2)51(53,11-3)34-39-35-52-28-16-15-24-46(52)42-33-45-44(32-41(39)42)48(4,5)26-18-27-49(45,6)7/h13-17,20-25,28-33,39H,9-12,18-19,26-27,34-35H2,1-8H3/q+2. The predicted molar refractivity (Wildman–Crippen MR) is 221 cm³/mol. The summed E-state index contributed by atoms with van der Waals surface area (Å²) in [6, 6.07) is 35.8. The Morgan fingerprint density at radius 1 is 0.642 bits per heavy atom. The van der Waals surface area contributed by atoms with Gasteiger partial charge in [-0.05, 0) is 107 Å². The molecule has 0 saturated heterocycles. The van der Waals surface area contributed by atoms with Gasteiger partial charge in [0, 0.05) is 37.1 Å². The van der Waals surface area contributed by atoms with E-state index in [1.54, 1.807) is 16.7 Å². The third-order valence-electron chi connectivity index (χ3n) is 14.5. The van der Waals surface area contributed by atoms with E-state index in [0.717, 1.165) is 32.2 Å². The van der Waals surface area contributed by atoms with E-state index in [0.29, 0.717) is 5.92 Å². The van der Waals surface area contributed by atoms with Gasteiger partial charge in [-0.3, -0.25) is 0 Å². The third kappa shape index (κ3) is 5.73. The Balaban J connectivity index is 1.32. The van der Waals surface area contributed by atoms with Gasteiger partial charge in [-0.25, -0.2) is 0 Å². The van der Waals surface area contributed by atoms with Gasteiger partial charge in [0.05, 0.1) is 22.5 Å². The molecule has 3 unspecified atom stereocenters. The molecule has 53 heavy (non-hydrogen) atoms. The zero-order valence-electron chi connectivity index (χ0n) is 33.9. The first kappa shape index (κ1) is 36.0. The number of hydrogen-bond acceptors (Lipinski definition) is 0. The molecule has 3 aromatic carbocycles. The summed E-state index contributed by atoms with van der Waals surface area (Å²) < 4.78 is 5.32. The van der Waals surface area contributed by atoms with Gasteiger partial charge in [0.1, 0.15) is 0 Å². The van der Waals surface area contributed by atoms with Gasteiger partial charge in [-0.1, -0.05) is 110 Å². The fraction of sp³-hybridized carbons (Fsp3) is 0.451. The van der Waals surface area contributed by atoms with Crippen molar-refractivity contribution in [2.24, 2.45) is 0 Å². The van der Waals surface area contributed by atoms with Crippen LogP contribution in [-0.4, -0.2) is 0 Å². The van der Waals surface area contributed by atoms with Crippen LogP contribution >= 0.6 is 0 Å². The number of fused-ring (bicyclic) bond motifs is 7. The van der Waals surface area contributed by atoms with E-state index in [1.807, 2.05) is 0 Å². The van der Waals surface area contributed by atoms with Gasteiger partial charge in [0.2, 0.25) is 11.4 Å². The van der Waals surface area contributed by atoms with Crippen LogP contribution in [0.4, 0.5) is 0 Å². The molecule has 8 rings (SSSR count).